The van der Waals surface area contributed by atoms with Crippen LogP contribution in [0.3, 0.4) is 0 Å². The van der Waals surface area contributed by atoms with Gasteiger partial charge in [0.05, 0.1) is 10.6 Å². The highest BCUT2D eigenvalue weighted by molar-refractivity contribution is 7.92. The minimum atomic E-state index is -4.26. The van der Waals surface area contributed by atoms with Gasteiger partial charge in [0, 0.05) is 29.1 Å². The quantitative estimate of drug-likeness (QED) is 0.166. The topological polar surface area (TPSA) is 86.8 Å². The van der Waals surface area contributed by atoms with Crippen LogP contribution in [0.25, 0.3) is 0 Å². The summed E-state index contributed by atoms with van der Waals surface area (Å²) in [5, 5.41) is 3.93. The number of sulfonamides is 1. The molecule has 0 radical (unpaired) electrons. The Morgan fingerprint density at radius 2 is 1.51 bits per heavy atom. The highest BCUT2D eigenvalue weighted by Crippen LogP contribution is 2.28. The third-order valence-corrected chi connectivity index (χ3v) is 10.9. The molecule has 0 heterocycles. The van der Waals surface area contributed by atoms with E-state index in [0.29, 0.717) is 10.0 Å². The molecule has 2 amide bonds. The molecule has 1 aliphatic carbocycles. The summed E-state index contributed by atoms with van der Waals surface area (Å²) >= 11 is 12.4. The average Bonchev–Trinajstić information content (AvgIpc) is 3.07. The van der Waals surface area contributed by atoms with Crippen molar-refractivity contribution in [2.45, 2.75) is 69.0 Å². The number of nitrogens with one attached hydrogen (secondary N) is 1. The molecule has 0 aromatic heterocycles. The van der Waals surface area contributed by atoms with Crippen LogP contribution in [0.15, 0.2) is 108 Å². The molecule has 0 bridgehead atoms. The summed E-state index contributed by atoms with van der Waals surface area (Å²) in [6.45, 7) is 1.51. The Morgan fingerprint density at radius 1 is 0.830 bits per heavy atom. The van der Waals surface area contributed by atoms with E-state index >= 15 is 0 Å². The average molecular weight is 693 g/mol. The lowest BCUT2D eigenvalue weighted by molar-refractivity contribution is -0.140. The van der Waals surface area contributed by atoms with Gasteiger partial charge in [-0.15, -0.1) is 0 Å². The number of hydrogen-bond acceptors (Lipinski definition) is 4. The minimum Gasteiger partial charge on any atom is -0.352 e. The second-order valence-corrected chi connectivity index (χ2v) is 14.7. The number of anilines is 1. The van der Waals surface area contributed by atoms with Crippen LogP contribution in [-0.4, -0.2) is 43.8 Å². The lowest BCUT2D eigenvalue weighted by Crippen LogP contribution is -2.55. The molecule has 246 valence electrons. The van der Waals surface area contributed by atoms with Crippen molar-refractivity contribution in [3.63, 3.8) is 0 Å². The first-order valence-electron chi connectivity index (χ1n) is 15.8. The van der Waals surface area contributed by atoms with Gasteiger partial charge >= 0.3 is 0 Å². The molecular weight excluding hydrogens is 653 g/mol. The number of rotatable bonds is 12. The van der Waals surface area contributed by atoms with E-state index in [4.69, 9.17) is 23.2 Å². The van der Waals surface area contributed by atoms with E-state index in [-0.39, 0.29) is 35.5 Å². The number of aryl methyl sites for hydroxylation is 1. The highest BCUT2D eigenvalue weighted by atomic mass is 35.5. The molecule has 0 aliphatic heterocycles. The summed E-state index contributed by atoms with van der Waals surface area (Å²) in [5.41, 5.74) is 2.93. The van der Waals surface area contributed by atoms with E-state index in [2.05, 4.69) is 5.32 Å². The molecule has 0 unspecified atom stereocenters. The van der Waals surface area contributed by atoms with Crippen molar-refractivity contribution in [1.82, 2.24) is 10.2 Å². The van der Waals surface area contributed by atoms with E-state index in [9.17, 15) is 18.0 Å². The minimum absolute atomic E-state index is 0.0261. The number of carbonyl (C=O) groups is 2. The molecular formula is C37H39Cl2N3O4S. The van der Waals surface area contributed by atoms with E-state index in [1.807, 2.05) is 61.5 Å². The SMILES string of the molecule is Cc1ccccc1CN(C(=O)CN(c1cccc(Cl)c1)S(=O)(=O)c1ccc(Cl)cc1)[C@@H](Cc1ccccc1)C(=O)NC1CCCCC1. The Labute approximate surface area is 287 Å². The zero-order valence-electron chi connectivity index (χ0n) is 26.3. The van der Waals surface area contributed by atoms with Crippen molar-refractivity contribution < 1.29 is 18.0 Å². The smallest absolute Gasteiger partial charge is 0.264 e. The van der Waals surface area contributed by atoms with Gasteiger partial charge in [0.1, 0.15) is 12.6 Å². The molecule has 1 N–H and O–H groups in total. The lowest BCUT2D eigenvalue weighted by atomic mass is 9.94. The highest BCUT2D eigenvalue weighted by Gasteiger charge is 2.35. The summed E-state index contributed by atoms with van der Waals surface area (Å²) in [6, 6.07) is 28.5. The Bertz CT molecular complexity index is 1780. The van der Waals surface area contributed by atoms with Gasteiger partial charge in [-0.2, -0.15) is 0 Å². The first-order valence-corrected chi connectivity index (χ1v) is 18.0. The first kappa shape index (κ1) is 34.5. The standard InChI is InChI=1S/C37H39Cl2N3O4S/c1-27-11-8-9-14-29(27)25-41(35(23-28-12-4-2-5-13-28)37(44)40-32-16-6-3-7-17-32)36(43)26-42(33-18-10-15-31(39)24-33)47(45,46)34-21-19-30(38)20-22-34/h2,4-5,8-15,18-22,24,32,35H,3,6-7,16-17,23,25-26H2,1H3,(H,40,44)/t35-/m0/s1. The number of amides is 2. The van der Waals surface area contributed by atoms with E-state index in [1.165, 1.54) is 35.2 Å². The van der Waals surface area contributed by atoms with Gasteiger partial charge in [-0.1, -0.05) is 103 Å². The summed E-state index contributed by atoms with van der Waals surface area (Å²) in [5.74, 6) is -0.775. The van der Waals surface area contributed by atoms with E-state index in [0.717, 1.165) is 53.1 Å². The second-order valence-electron chi connectivity index (χ2n) is 11.9. The number of carbonyl (C=O) groups excluding carboxylic acids is 2. The van der Waals surface area contributed by atoms with Crippen molar-refractivity contribution in [3.8, 4) is 0 Å². The number of nitrogens with zero attached hydrogens (tertiary/aromatic N) is 2. The van der Waals surface area contributed by atoms with Crippen molar-refractivity contribution in [2.24, 2.45) is 0 Å². The summed E-state index contributed by atoms with van der Waals surface area (Å²) < 4.78 is 29.4. The fourth-order valence-electron chi connectivity index (χ4n) is 5.96. The van der Waals surface area contributed by atoms with Crippen molar-refractivity contribution in [1.29, 1.82) is 0 Å². The monoisotopic (exact) mass is 691 g/mol. The van der Waals surface area contributed by atoms with Gasteiger partial charge < -0.3 is 10.2 Å². The van der Waals surface area contributed by atoms with Gasteiger partial charge in [0.2, 0.25) is 11.8 Å². The molecule has 1 saturated carbocycles. The summed E-state index contributed by atoms with van der Waals surface area (Å²) in [6.07, 6.45) is 5.25. The Morgan fingerprint density at radius 3 is 2.19 bits per heavy atom. The number of hydrogen-bond donors (Lipinski definition) is 1. The molecule has 1 aliphatic rings. The maximum absolute atomic E-state index is 14.7. The third kappa shape index (κ3) is 8.95. The molecule has 0 saturated heterocycles. The van der Waals surface area contributed by atoms with Crippen LogP contribution in [0.4, 0.5) is 5.69 Å². The number of benzene rings is 4. The first-order chi connectivity index (χ1) is 22.6. The molecule has 1 atom stereocenters. The van der Waals surface area contributed by atoms with E-state index < -0.39 is 28.5 Å². The maximum atomic E-state index is 14.7. The molecule has 1 fully saturated rings. The molecule has 10 heteroatoms. The third-order valence-electron chi connectivity index (χ3n) is 8.60. The van der Waals surface area contributed by atoms with Gasteiger partial charge in [-0.25, -0.2) is 8.42 Å². The van der Waals surface area contributed by atoms with Gasteiger partial charge in [-0.05, 0) is 78.9 Å². The molecule has 0 spiro atoms. The molecule has 4 aromatic rings. The zero-order valence-corrected chi connectivity index (χ0v) is 28.6. The molecule has 47 heavy (non-hydrogen) atoms. The van der Waals surface area contributed by atoms with Gasteiger partial charge in [-0.3, -0.25) is 13.9 Å². The Kier molecular flexibility index (Phi) is 11.6. The fraction of sp³-hybridized carbons (Fsp3) is 0.297. The van der Waals surface area contributed by atoms with Crippen molar-refractivity contribution in [2.75, 3.05) is 10.8 Å². The zero-order chi connectivity index (χ0) is 33.4. The van der Waals surface area contributed by atoms with Crippen LogP contribution < -0.4 is 9.62 Å². The number of halogens is 2. The van der Waals surface area contributed by atoms with Gasteiger partial charge in [0.15, 0.2) is 0 Å². The Balaban J connectivity index is 1.57. The maximum Gasteiger partial charge on any atom is 0.264 e. The predicted molar refractivity (Wildman–Crippen MR) is 188 cm³/mol. The predicted octanol–water partition coefficient (Wildman–Crippen LogP) is 7.59. The fourth-order valence-corrected chi connectivity index (χ4v) is 7.68. The molecule has 7 nitrogen and oxygen atoms in total. The van der Waals surface area contributed by atoms with Crippen LogP contribution in [-0.2, 0) is 32.6 Å². The Hall–Kier alpha value is -3.85. The van der Waals surface area contributed by atoms with Crippen LogP contribution in [0, 0.1) is 6.92 Å². The van der Waals surface area contributed by atoms with Crippen LogP contribution in [0.5, 0.6) is 0 Å². The second kappa shape index (κ2) is 15.8. The molecule has 4 aromatic carbocycles. The van der Waals surface area contributed by atoms with Crippen LogP contribution >= 0.6 is 23.2 Å². The lowest BCUT2D eigenvalue weighted by Gasteiger charge is -2.35. The van der Waals surface area contributed by atoms with Crippen LogP contribution in [0.2, 0.25) is 10.0 Å². The summed E-state index contributed by atoms with van der Waals surface area (Å²) in [4.78, 5) is 30.4. The van der Waals surface area contributed by atoms with Gasteiger partial charge in [0.25, 0.3) is 10.0 Å². The normalized spacial score (nSPS) is 14.3. The van der Waals surface area contributed by atoms with E-state index in [1.54, 1.807) is 18.2 Å². The van der Waals surface area contributed by atoms with Crippen molar-refractivity contribution >= 4 is 50.7 Å². The molecule has 5 rings (SSSR count). The largest absolute Gasteiger partial charge is 0.352 e. The van der Waals surface area contributed by atoms with Crippen molar-refractivity contribution in [3.05, 3.63) is 130 Å². The van der Waals surface area contributed by atoms with Crippen LogP contribution in [0.1, 0.15) is 48.8 Å². The summed E-state index contributed by atoms with van der Waals surface area (Å²) in [7, 11) is -4.26.